The smallest absolute Gasteiger partial charge is 0.416 e. The Morgan fingerprint density at radius 1 is 0.848 bits per heavy atom. The van der Waals surface area contributed by atoms with Crippen LogP contribution in [-0.2, 0) is 21.1 Å². The van der Waals surface area contributed by atoms with Gasteiger partial charge in [-0.15, -0.1) is 0 Å². The predicted molar refractivity (Wildman–Crippen MR) is 174 cm³/mol. The molecule has 8 heteroatoms. The zero-order valence-corrected chi connectivity index (χ0v) is 26.7. The number of benzene rings is 3. The van der Waals surface area contributed by atoms with Gasteiger partial charge in [0.15, 0.2) is 0 Å². The lowest BCUT2D eigenvalue weighted by Crippen LogP contribution is -2.45. The van der Waals surface area contributed by atoms with Gasteiger partial charge >= 0.3 is 12.1 Å². The van der Waals surface area contributed by atoms with E-state index in [1.807, 2.05) is 18.2 Å². The van der Waals surface area contributed by atoms with Crippen LogP contribution in [0.15, 0.2) is 78.9 Å². The average molecular weight is 635 g/mol. The highest BCUT2D eigenvalue weighted by Crippen LogP contribution is 2.38. The number of hydrogen-bond donors (Lipinski definition) is 1. The molecule has 3 aromatic rings. The summed E-state index contributed by atoms with van der Waals surface area (Å²) in [6, 6.07) is 22.3. The monoisotopic (exact) mass is 634 g/mol. The van der Waals surface area contributed by atoms with Crippen molar-refractivity contribution in [3.05, 3.63) is 95.6 Å². The van der Waals surface area contributed by atoms with Gasteiger partial charge < -0.3 is 15.0 Å². The number of likely N-dealkylation sites (tertiary alicyclic amines) is 1. The van der Waals surface area contributed by atoms with Gasteiger partial charge in [0.1, 0.15) is 6.10 Å². The van der Waals surface area contributed by atoms with Gasteiger partial charge in [-0.25, -0.2) is 0 Å². The fourth-order valence-electron chi connectivity index (χ4n) is 7.12. The van der Waals surface area contributed by atoms with Gasteiger partial charge in [-0.05, 0) is 99.2 Å². The molecule has 46 heavy (non-hydrogen) atoms. The molecule has 5 nitrogen and oxygen atoms in total. The van der Waals surface area contributed by atoms with E-state index in [0.717, 1.165) is 89.6 Å². The van der Waals surface area contributed by atoms with Crippen molar-refractivity contribution in [2.45, 2.75) is 94.9 Å². The summed E-state index contributed by atoms with van der Waals surface area (Å²) in [5, 5.41) is 3.17. The van der Waals surface area contributed by atoms with Gasteiger partial charge in [0.25, 0.3) is 5.91 Å². The Balaban J connectivity index is 1.14. The number of piperidine rings is 1. The Morgan fingerprint density at radius 2 is 1.50 bits per heavy atom. The molecule has 1 aliphatic heterocycles. The molecule has 1 unspecified atom stereocenters. The number of esters is 1. The van der Waals surface area contributed by atoms with Crippen LogP contribution >= 0.6 is 0 Å². The molecule has 0 bridgehead atoms. The van der Waals surface area contributed by atoms with Crippen LogP contribution in [0.2, 0.25) is 0 Å². The second-order valence-electron chi connectivity index (χ2n) is 12.9. The van der Waals surface area contributed by atoms with Crippen molar-refractivity contribution < 1.29 is 27.5 Å². The molecule has 1 amide bonds. The first-order chi connectivity index (χ1) is 22.2. The lowest BCUT2D eigenvalue weighted by Gasteiger charge is -2.36. The van der Waals surface area contributed by atoms with Crippen molar-refractivity contribution >= 4 is 11.9 Å². The normalized spacial score (nSPS) is 17.8. The van der Waals surface area contributed by atoms with Crippen molar-refractivity contribution in [1.82, 2.24) is 10.2 Å². The van der Waals surface area contributed by atoms with Crippen LogP contribution < -0.4 is 5.32 Å². The number of carbonyl (C=O) groups excluding carboxylic acids is 2. The van der Waals surface area contributed by atoms with E-state index in [1.165, 1.54) is 17.7 Å². The van der Waals surface area contributed by atoms with E-state index in [-0.39, 0.29) is 29.4 Å². The van der Waals surface area contributed by atoms with E-state index < -0.39 is 11.7 Å². The summed E-state index contributed by atoms with van der Waals surface area (Å²) in [5.74, 6) is -0.303. The lowest BCUT2D eigenvalue weighted by molar-refractivity contribution is -0.150. The summed E-state index contributed by atoms with van der Waals surface area (Å²) in [4.78, 5) is 28.8. The second-order valence-corrected chi connectivity index (χ2v) is 12.9. The van der Waals surface area contributed by atoms with Crippen LogP contribution in [-0.4, -0.2) is 48.6 Å². The highest BCUT2D eigenvalue weighted by Gasteiger charge is 2.35. The molecule has 246 valence electrons. The standard InChI is InChI=1S/C38H45F3N2O3/c1-2-37(29-11-4-3-5-12-29,27-35(44)46-32-13-6-7-14-32)23-10-24-43-25-21-31(22-26-43)42-36(45)34-16-9-8-15-33(34)28-17-19-30(20-18-28)38(39,40)41/h3-5,8-9,11-12,15-20,31-32H,2,6-7,10,13-14,21-27H2,1H3,(H,42,45). The Bertz CT molecular complexity index is 1430. The van der Waals surface area contributed by atoms with Crippen LogP contribution in [0.1, 0.15) is 92.6 Å². The number of nitrogens with one attached hydrogen (secondary N) is 1. The topological polar surface area (TPSA) is 58.6 Å². The van der Waals surface area contributed by atoms with Crippen LogP contribution in [0.3, 0.4) is 0 Å². The van der Waals surface area contributed by atoms with Gasteiger partial charge in [-0.2, -0.15) is 13.2 Å². The summed E-state index contributed by atoms with van der Waals surface area (Å²) in [7, 11) is 0. The Labute approximate surface area is 270 Å². The van der Waals surface area contributed by atoms with Crippen LogP contribution in [0.25, 0.3) is 11.1 Å². The fraction of sp³-hybridized carbons (Fsp3) is 0.474. The van der Waals surface area contributed by atoms with Gasteiger partial charge in [0, 0.05) is 30.1 Å². The first-order valence-corrected chi connectivity index (χ1v) is 16.7. The summed E-state index contributed by atoms with van der Waals surface area (Å²) in [6.07, 6.45) is 4.60. The van der Waals surface area contributed by atoms with Gasteiger partial charge in [-0.1, -0.05) is 67.6 Å². The van der Waals surface area contributed by atoms with E-state index in [0.29, 0.717) is 23.1 Å². The Kier molecular flexibility index (Phi) is 11.2. The van der Waals surface area contributed by atoms with Crippen LogP contribution in [0.5, 0.6) is 0 Å². The molecule has 1 saturated carbocycles. The van der Waals surface area contributed by atoms with E-state index in [2.05, 4.69) is 29.3 Å². The molecule has 2 fully saturated rings. The maximum absolute atomic E-state index is 13.3. The summed E-state index contributed by atoms with van der Waals surface area (Å²) < 4.78 is 45.0. The molecule has 1 atom stereocenters. The number of rotatable bonds is 12. The van der Waals surface area contributed by atoms with Crippen molar-refractivity contribution in [1.29, 1.82) is 0 Å². The minimum absolute atomic E-state index is 0.0221. The highest BCUT2D eigenvalue weighted by atomic mass is 19.4. The molecule has 5 rings (SSSR count). The number of ether oxygens (including phenoxy) is 1. The zero-order chi connectivity index (χ0) is 32.6. The molecule has 0 spiro atoms. The first kappa shape index (κ1) is 33.7. The number of hydrogen-bond acceptors (Lipinski definition) is 4. The van der Waals surface area contributed by atoms with Gasteiger partial charge in [0.2, 0.25) is 0 Å². The number of amides is 1. The third kappa shape index (κ3) is 8.58. The molecule has 0 radical (unpaired) electrons. The number of carbonyl (C=O) groups is 2. The largest absolute Gasteiger partial charge is 0.462 e. The minimum atomic E-state index is -4.41. The summed E-state index contributed by atoms with van der Waals surface area (Å²) >= 11 is 0. The van der Waals surface area contributed by atoms with E-state index in [9.17, 15) is 22.8 Å². The second kappa shape index (κ2) is 15.3. The Morgan fingerprint density at radius 3 is 2.15 bits per heavy atom. The molecule has 1 N–H and O–H groups in total. The van der Waals surface area contributed by atoms with Crippen molar-refractivity contribution in [2.24, 2.45) is 0 Å². The van der Waals surface area contributed by atoms with Crippen molar-refractivity contribution in [3.63, 3.8) is 0 Å². The number of alkyl halides is 3. The molecule has 2 aliphatic rings. The third-order valence-electron chi connectivity index (χ3n) is 9.89. The van der Waals surface area contributed by atoms with Crippen LogP contribution in [0, 0.1) is 0 Å². The van der Waals surface area contributed by atoms with Crippen molar-refractivity contribution in [3.8, 4) is 11.1 Å². The van der Waals surface area contributed by atoms with Gasteiger partial charge in [-0.3, -0.25) is 9.59 Å². The predicted octanol–water partition coefficient (Wildman–Crippen LogP) is 8.57. The van der Waals surface area contributed by atoms with Gasteiger partial charge in [0.05, 0.1) is 12.0 Å². The fourth-order valence-corrected chi connectivity index (χ4v) is 7.12. The maximum Gasteiger partial charge on any atom is 0.416 e. The highest BCUT2D eigenvalue weighted by molar-refractivity contribution is 6.01. The van der Waals surface area contributed by atoms with E-state index in [1.54, 1.807) is 24.3 Å². The number of nitrogens with zero attached hydrogens (tertiary/aromatic N) is 1. The zero-order valence-electron chi connectivity index (χ0n) is 26.7. The minimum Gasteiger partial charge on any atom is -0.462 e. The van der Waals surface area contributed by atoms with E-state index >= 15 is 0 Å². The maximum atomic E-state index is 13.3. The molecule has 1 aliphatic carbocycles. The lowest BCUT2D eigenvalue weighted by atomic mass is 9.72. The first-order valence-electron chi connectivity index (χ1n) is 16.7. The molecule has 3 aromatic carbocycles. The average Bonchev–Trinajstić information content (AvgIpc) is 3.58. The summed E-state index contributed by atoms with van der Waals surface area (Å²) in [6.45, 7) is 4.81. The SMILES string of the molecule is CCC(CCCN1CCC(NC(=O)c2ccccc2-c2ccc(C(F)(F)F)cc2)CC1)(CC(=O)OC1CCCC1)c1ccccc1. The third-order valence-corrected chi connectivity index (χ3v) is 9.89. The molecule has 1 heterocycles. The molecular weight excluding hydrogens is 589 g/mol. The van der Waals surface area contributed by atoms with E-state index in [4.69, 9.17) is 4.74 Å². The van der Waals surface area contributed by atoms with Crippen molar-refractivity contribution in [2.75, 3.05) is 19.6 Å². The molecule has 0 aromatic heterocycles. The quantitative estimate of drug-likeness (QED) is 0.203. The van der Waals surface area contributed by atoms with Crippen LogP contribution in [0.4, 0.5) is 13.2 Å². The molecule has 1 saturated heterocycles. The Hall–Kier alpha value is -3.65. The summed E-state index contributed by atoms with van der Waals surface area (Å²) in [5.41, 5.74) is 1.85. The molecular formula is C38H45F3N2O3. The number of halogens is 3.